The highest BCUT2D eigenvalue weighted by molar-refractivity contribution is 6.71. The minimum absolute atomic E-state index is 0.00208. The van der Waals surface area contributed by atoms with Crippen LogP contribution < -0.4 is 47.8 Å². The summed E-state index contributed by atoms with van der Waals surface area (Å²) in [5.74, 6) is 1.38. The molecule has 294 valence electrons. The molecule has 0 aliphatic carbocycles. The second-order valence-electron chi connectivity index (χ2n) is 13.7. The number of aliphatic hydroxyl groups is 4. The lowest BCUT2D eigenvalue weighted by molar-refractivity contribution is 0.0769. The van der Waals surface area contributed by atoms with E-state index in [2.05, 4.69) is 6.92 Å². The van der Waals surface area contributed by atoms with Gasteiger partial charge in [0, 0.05) is 68.6 Å². The van der Waals surface area contributed by atoms with Gasteiger partial charge in [0.05, 0.1) is 38.1 Å². The van der Waals surface area contributed by atoms with E-state index >= 15 is 0 Å². The average Bonchev–Trinajstić information content (AvgIpc) is 3.56. The van der Waals surface area contributed by atoms with Crippen LogP contribution in [0.3, 0.4) is 0 Å². The van der Waals surface area contributed by atoms with Crippen LogP contribution in [0.15, 0.2) is 54.6 Å². The highest BCUT2D eigenvalue weighted by Gasteiger charge is 2.41. The van der Waals surface area contributed by atoms with Gasteiger partial charge in [-0.15, -0.1) is 0 Å². The lowest BCUT2D eigenvalue weighted by Gasteiger charge is -2.31. The number of hydrogen-bond donors (Lipinski definition) is 8. The summed E-state index contributed by atoms with van der Waals surface area (Å²) in [4.78, 5) is 0. The molecule has 0 saturated heterocycles. The van der Waals surface area contributed by atoms with Crippen molar-refractivity contribution in [3.05, 3.63) is 71.3 Å². The van der Waals surface area contributed by atoms with E-state index in [1.807, 2.05) is 25.1 Å². The Balaban J connectivity index is 1.55. The van der Waals surface area contributed by atoms with Gasteiger partial charge in [-0.3, -0.25) is 0 Å². The molecular weight excluding hydrogens is 695 g/mol. The largest absolute Gasteiger partial charge is 0.495 e. The van der Waals surface area contributed by atoms with Crippen molar-refractivity contribution in [3.8, 4) is 17.2 Å². The van der Waals surface area contributed by atoms with Crippen molar-refractivity contribution >= 4 is 38.1 Å². The van der Waals surface area contributed by atoms with Crippen molar-refractivity contribution in [2.45, 2.75) is 57.8 Å². The van der Waals surface area contributed by atoms with Crippen LogP contribution in [0.2, 0.25) is 0 Å². The molecule has 14 nitrogen and oxygen atoms in total. The number of ether oxygens (including phenoxy) is 3. The molecule has 1 heterocycles. The van der Waals surface area contributed by atoms with Crippen LogP contribution >= 0.6 is 0 Å². The fourth-order valence-electron chi connectivity index (χ4n) is 6.55. The van der Waals surface area contributed by atoms with Crippen molar-refractivity contribution in [2.75, 3.05) is 59.3 Å². The third-order valence-corrected chi connectivity index (χ3v) is 9.38. The van der Waals surface area contributed by atoms with Crippen molar-refractivity contribution in [3.63, 3.8) is 0 Å². The molecule has 0 spiro atoms. The molecule has 54 heavy (non-hydrogen) atoms. The number of aliphatic hydroxyl groups excluding tert-OH is 4. The molecule has 4 atom stereocenters. The Bertz CT molecular complexity index is 1600. The van der Waals surface area contributed by atoms with Crippen LogP contribution in [0.25, 0.3) is 0 Å². The highest BCUT2D eigenvalue weighted by Crippen LogP contribution is 2.31. The molecule has 0 aromatic heterocycles. The third kappa shape index (κ3) is 11.2. The zero-order valence-electron chi connectivity index (χ0n) is 31.4. The fraction of sp³-hybridized carbons (Fsp3) is 0.514. The summed E-state index contributed by atoms with van der Waals surface area (Å²) in [5, 5.41) is 51.3. The Morgan fingerprint density at radius 3 is 2.11 bits per heavy atom. The summed E-state index contributed by atoms with van der Waals surface area (Å²) in [6.07, 6.45) is -0.105. The second kappa shape index (κ2) is 21.8. The van der Waals surface area contributed by atoms with Gasteiger partial charge in [0.15, 0.2) is 0 Å². The minimum Gasteiger partial charge on any atom is -0.494 e. The predicted octanol–water partition coefficient (Wildman–Crippen LogP) is -0.798. The molecule has 11 N–H and O–H groups in total. The lowest BCUT2D eigenvalue weighted by atomic mass is 9.72. The number of fused-ring (bicyclic) bond motifs is 1. The average molecular weight is 751 g/mol. The Labute approximate surface area is 319 Å². The van der Waals surface area contributed by atoms with E-state index in [0.29, 0.717) is 58.6 Å². The van der Waals surface area contributed by atoms with Crippen LogP contribution in [-0.2, 0) is 13.9 Å². The van der Waals surface area contributed by atoms with Gasteiger partial charge in [0.1, 0.15) is 17.2 Å². The SMILES string of the molecule is CCCC(C)(COB(O)c1c(OCCCO)cccc1C(O)CN)COc1cccc2c1B(OBc1c(OCCCO)cccc1C(O)CN)OC2CN. The molecule has 17 heteroatoms. The highest BCUT2D eigenvalue weighted by atomic mass is 16.6. The van der Waals surface area contributed by atoms with E-state index in [4.69, 9.17) is 45.3 Å². The maximum atomic E-state index is 11.4. The zero-order valence-corrected chi connectivity index (χ0v) is 31.4. The molecule has 0 saturated carbocycles. The number of nitrogens with two attached hydrogens (primary N) is 3. The molecule has 0 radical (unpaired) electrons. The van der Waals surface area contributed by atoms with Gasteiger partial charge < -0.3 is 70.7 Å². The smallest absolute Gasteiger partial charge is 0.494 e. The molecule has 0 amide bonds. The number of hydrogen-bond acceptors (Lipinski definition) is 14. The zero-order chi connectivity index (χ0) is 39.1. The first-order valence-electron chi connectivity index (χ1n) is 18.7. The van der Waals surface area contributed by atoms with Crippen LogP contribution in [-0.4, -0.2) is 106 Å². The molecule has 1 aliphatic rings. The third-order valence-electron chi connectivity index (χ3n) is 9.38. The van der Waals surface area contributed by atoms with Crippen LogP contribution in [0.5, 0.6) is 17.2 Å². The van der Waals surface area contributed by atoms with Gasteiger partial charge in [-0.05, 0) is 46.8 Å². The Morgan fingerprint density at radius 1 is 0.852 bits per heavy atom. The molecule has 0 bridgehead atoms. The summed E-state index contributed by atoms with van der Waals surface area (Å²) in [6.45, 7) is 4.93. The monoisotopic (exact) mass is 751 g/mol. The van der Waals surface area contributed by atoms with Crippen molar-refractivity contribution in [1.82, 2.24) is 0 Å². The van der Waals surface area contributed by atoms with E-state index < -0.39 is 38.0 Å². The van der Waals surface area contributed by atoms with E-state index in [1.54, 1.807) is 36.4 Å². The first-order valence-corrected chi connectivity index (χ1v) is 18.7. The molecule has 4 rings (SSSR count). The number of benzene rings is 3. The Morgan fingerprint density at radius 2 is 1.46 bits per heavy atom. The maximum Gasteiger partial charge on any atom is 0.495 e. The van der Waals surface area contributed by atoms with Gasteiger partial charge >= 0.3 is 14.2 Å². The Hall–Kier alpha value is -3.19. The van der Waals surface area contributed by atoms with Gasteiger partial charge in [-0.25, -0.2) is 0 Å². The molecule has 3 aromatic rings. The summed E-state index contributed by atoms with van der Waals surface area (Å²) < 4.78 is 37.2. The summed E-state index contributed by atoms with van der Waals surface area (Å²) >= 11 is 0. The minimum atomic E-state index is -1.45. The standard InChI is InChI=1S/C37H56B3N3O11/c1-3-15-37(2,24-52-39(48)35-26(29(47)21-42)10-5-13-31(35)50-19-8-17-45)23-51-32-14-6-11-27-33(22-43)53-40(36(27)32)54-38-34-25(28(46)20-41)9-4-12-30(34)49-18-7-16-44/h4-6,9-14,28-29,33,38,44-48H,3,7-8,15-24,41-43H2,1-2H3. The van der Waals surface area contributed by atoms with Gasteiger partial charge in [-0.2, -0.15) is 0 Å². The van der Waals surface area contributed by atoms with Gasteiger partial charge in [0.2, 0.25) is 0 Å². The lowest BCUT2D eigenvalue weighted by Crippen LogP contribution is -2.43. The quantitative estimate of drug-likeness (QED) is 0.0392. The maximum absolute atomic E-state index is 11.4. The topological polar surface area (TPSA) is 235 Å². The summed E-state index contributed by atoms with van der Waals surface area (Å²) in [5.41, 5.74) is 20.5. The van der Waals surface area contributed by atoms with E-state index in [9.17, 15) is 25.5 Å². The van der Waals surface area contributed by atoms with Crippen LogP contribution in [0.1, 0.15) is 74.5 Å². The van der Waals surface area contributed by atoms with E-state index in [0.717, 1.165) is 12.0 Å². The molecule has 3 aromatic carbocycles. The normalized spacial score (nSPS) is 16.0. The molecule has 0 fully saturated rings. The summed E-state index contributed by atoms with van der Waals surface area (Å²) in [7, 11) is -2.29. The van der Waals surface area contributed by atoms with Crippen molar-refractivity contribution < 1.29 is 53.5 Å². The van der Waals surface area contributed by atoms with Gasteiger partial charge in [0.25, 0.3) is 7.48 Å². The fourth-order valence-corrected chi connectivity index (χ4v) is 6.55. The number of rotatable bonds is 25. The predicted molar refractivity (Wildman–Crippen MR) is 210 cm³/mol. The van der Waals surface area contributed by atoms with Crippen LogP contribution in [0.4, 0.5) is 0 Å². The summed E-state index contributed by atoms with van der Waals surface area (Å²) in [6, 6.07) is 16.0. The first kappa shape index (κ1) is 43.5. The second-order valence-corrected chi connectivity index (χ2v) is 13.7. The van der Waals surface area contributed by atoms with Crippen molar-refractivity contribution in [2.24, 2.45) is 22.6 Å². The first-order chi connectivity index (χ1) is 26.1. The van der Waals surface area contributed by atoms with E-state index in [-0.39, 0.29) is 72.2 Å². The molecule has 1 aliphatic heterocycles. The van der Waals surface area contributed by atoms with E-state index in [1.165, 1.54) is 0 Å². The Kier molecular flexibility index (Phi) is 17.6. The van der Waals surface area contributed by atoms with Gasteiger partial charge in [-0.1, -0.05) is 56.7 Å². The molecule has 4 unspecified atom stereocenters. The van der Waals surface area contributed by atoms with Crippen molar-refractivity contribution in [1.29, 1.82) is 0 Å². The van der Waals surface area contributed by atoms with Crippen LogP contribution in [0, 0.1) is 5.41 Å². The molecular formula is C37H56B3N3O11.